The molecule has 0 aromatic carbocycles. The molecule has 0 aromatic rings. The van der Waals surface area contributed by atoms with E-state index in [0.29, 0.717) is 39.1 Å². The number of carbonyl (C=O) groups is 3. The van der Waals surface area contributed by atoms with E-state index in [-0.39, 0.29) is 27.2 Å². The quantitative estimate of drug-likeness (QED) is 0.0523. The van der Waals surface area contributed by atoms with Crippen LogP contribution in [0.25, 0.3) is 0 Å². The second-order valence-corrected chi connectivity index (χ2v) is 20.9. The van der Waals surface area contributed by atoms with Gasteiger partial charge < -0.3 is 14.9 Å². The molecule has 19 heteroatoms. The van der Waals surface area contributed by atoms with Crippen molar-refractivity contribution in [3.05, 3.63) is 0 Å². The summed E-state index contributed by atoms with van der Waals surface area (Å²) in [5.74, 6) is 6.27. The van der Waals surface area contributed by atoms with Crippen LogP contribution in [0, 0.1) is 0 Å². The first-order valence-corrected chi connectivity index (χ1v) is 24.8. The summed E-state index contributed by atoms with van der Waals surface area (Å²) in [7, 11) is 0. The standard InChI is InChI=1S/C20H34O6S13/c21-9-32-12-35-15-38-18(24)6-29-2-1-28-5-17(23)37-14-34-11-26-20(27)8-31-4-3-30-7-19(25)39-16-36-13-33-10-22/h21-22H,1-16H2. The number of hydrogen-bond acceptors (Lipinski definition) is 19. The van der Waals surface area contributed by atoms with Gasteiger partial charge in [0.05, 0.1) is 40.0 Å². The second-order valence-electron chi connectivity index (χ2n) is 6.26. The van der Waals surface area contributed by atoms with Gasteiger partial charge in [-0.3, -0.25) is 14.4 Å². The molecule has 0 bridgehead atoms. The summed E-state index contributed by atoms with van der Waals surface area (Å²) in [5.41, 5.74) is 0. The smallest absolute Gasteiger partial charge is 0.199 e. The fourth-order valence-corrected chi connectivity index (χ4v) is 13.5. The Kier molecular flexibility index (Phi) is 36.5. The average Bonchev–Trinajstić information content (AvgIpc) is 2.92. The van der Waals surface area contributed by atoms with Crippen molar-refractivity contribution in [3.8, 4) is 0 Å². The van der Waals surface area contributed by atoms with Crippen molar-refractivity contribution in [1.29, 1.82) is 0 Å². The Morgan fingerprint density at radius 3 is 1.31 bits per heavy atom. The molecule has 0 amide bonds. The summed E-state index contributed by atoms with van der Waals surface area (Å²) in [4.78, 5) is 35.5. The number of thiocarbonyl (C=S) groups is 1. The topological polar surface area (TPSA) is 101 Å². The minimum Gasteiger partial charge on any atom is -0.476 e. The van der Waals surface area contributed by atoms with Gasteiger partial charge in [-0.1, -0.05) is 35.3 Å². The van der Waals surface area contributed by atoms with Crippen LogP contribution in [-0.2, 0) is 19.1 Å². The molecule has 0 unspecified atom stereocenters. The van der Waals surface area contributed by atoms with Crippen molar-refractivity contribution in [2.45, 2.75) is 0 Å². The summed E-state index contributed by atoms with van der Waals surface area (Å²) >= 11 is 23.4. The van der Waals surface area contributed by atoms with E-state index in [1.807, 2.05) is 0 Å². The fraction of sp³-hybridized carbons (Fsp3) is 0.800. The maximum atomic E-state index is 12.0. The molecule has 0 aromatic heterocycles. The van der Waals surface area contributed by atoms with E-state index in [2.05, 4.69) is 0 Å². The maximum absolute atomic E-state index is 12.0. The van der Waals surface area contributed by atoms with E-state index < -0.39 is 0 Å². The normalized spacial score (nSPS) is 11.0. The van der Waals surface area contributed by atoms with Crippen molar-refractivity contribution in [1.82, 2.24) is 0 Å². The molecular weight excluding hydrogens is 753 g/mol. The summed E-state index contributed by atoms with van der Waals surface area (Å²) in [5, 5.41) is 22.1. The van der Waals surface area contributed by atoms with E-state index in [1.54, 1.807) is 70.6 Å². The number of ether oxygens (including phenoxy) is 1. The number of hydrogen-bond donors (Lipinski definition) is 2. The van der Waals surface area contributed by atoms with Crippen LogP contribution in [0.4, 0.5) is 0 Å². The first-order valence-electron chi connectivity index (χ1n) is 11.0. The number of rotatable bonds is 28. The van der Waals surface area contributed by atoms with Gasteiger partial charge in [0.1, 0.15) is 5.94 Å². The highest BCUT2D eigenvalue weighted by Gasteiger charge is 2.07. The lowest BCUT2D eigenvalue weighted by Gasteiger charge is -2.07. The molecule has 0 aliphatic carbocycles. The Morgan fingerprint density at radius 2 is 0.897 bits per heavy atom. The predicted molar refractivity (Wildman–Crippen MR) is 202 cm³/mol. The monoisotopic (exact) mass is 786 g/mol. The Balaban J connectivity index is 3.42. The molecule has 0 heterocycles. The Hall–Kier alpha value is 3.02. The van der Waals surface area contributed by atoms with Crippen molar-refractivity contribution >= 4 is 174 Å². The number of carbonyl (C=O) groups excluding carboxylic acids is 3. The van der Waals surface area contributed by atoms with Crippen molar-refractivity contribution < 1.29 is 29.3 Å². The third-order valence-corrected chi connectivity index (χ3v) is 16.8. The van der Waals surface area contributed by atoms with E-state index in [4.69, 9.17) is 27.2 Å². The van der Waals surface area contributed by atoms with Gasteiger partial charge in [-0.05, 0) is 12.2 Å². The number of thioether (sulfide) groups is 12. The van der Waals surface area contributed by atoms with Crippen LogP contribution in [0.15, 0.2) is 0 Å². The lowest BCUT2D eigenvalue weighted by Crippen LogP contribution is -2.06. The Labute approximate surface area is 289 Å². The van der Waals surface area contributed by atoms with E-state index in [9.17, 15) is 14.4 Å². The SMILES string of the molecule is O=C(CSCCSCC(=O)SCSCSCO)SCSCOC(=S)CSCCSCC(=O)SCSCSCO. The molecule has 0 rings (SSSR count). The van der Waals surface area contributed by atoms with Gasteiger partial charge >= 0.3 is 0 Å². The summed E-state index contributed by atoms with van der Waals surface area (Å²) in [6.45, 7) is 0. The first kappa shape index (κ1) is 42.0. The van der Waals surface area contributed by atoms with Crippen molar-refractivity contribution in [3.63, 3.8) is 0 Å². The fourth-order valence-electron chi connectivity index (χ4n) is 1.75. The molecule has 0 saturated carbocycles. The van der Waals surface area contributed by atoms with Crippen LogP contribution in [0.3, 0.4) is 0 Å². The van der Waals surface area contributed by atoms with E-state index in [0.717, 1.165) is 43.4 Å². The van der Waals surface area contributed by atoms with Crippen molar-refractivity contribution in [2.75, 3.05) is 89.3 Å². The van der Waals surface area contributed by atoms with Gasteiger partial charge in [0, 0.05) is 43.4 Å². The zero-order chi connectivity index (χ0) is 28.8. The largest absolute Gasteiger partial charge is 0.476 e. The minimum atomic E-state index is 0.114. The highest BCUT2D eigenvalue weighted by atomic mass is 32.2. The van der Waals surface area contributed by atoms with Crippen LogP contribution in [-0.4, -0.2) is 120 Å². The van der Waals surface area contributed by atoms with Crippen molar-refractivity contribution in [2.24, 2.45) is 0 Å². The van der Waals surface area contributed by atoms with Crippen LogP contribution in [0.1, 0.15) is 0 Å². The first-order chi connectivity index (χ1) is 19.0. The molecule has 228 valence electrons. The molecule has 0 radical (unpaired) electrons. The maximum Gasteiger partial charge on any atom is 0.199 e. The lowest BCUT2D eigenvalue weighted by molar-refractivity contribution is -0.109. The van der Waals surface area contributed by atoms with Crippen LogP contribution >= 0.6 is 153 Å². The predicted octanol–water partition coefficient (Wildman–Crippen LogP) is 6.35. The molecule has 0 atom stereocenters. The molecule has 6 nitrogen and oxygen atoms in total. The van der Waals surface area contributed by atoms with Crippen LogP contribution in [0.5, 0.6) is 0 Å². The highest BCUT2D eigenvalue weighted by Crippen LogP contribution is 2.21. The minimum absolute atomic E-state index is 0.114. The zero-order valence-electron chi connectivity index (χ0n) is 21.1. The molecule has 2 N–H and O–H groups in total. The average molecular weight is 787 g/mol. The zero-order valence-corrected chi connectivity index (χ0v) is 31.8. The van der Waals surface area contributed by atoms with Gasteiger partial charge in [-0.25, -0.2) is 0 Å². The molecule has 0 aliphatic rings. The van der Waals surface area contributed by atoms with Gasteiger partial charge in [0.15, 0.2) is 20.4 Å². The lowest BCUT2D eigenvalue weighted by atomic mass is 10.8. The highest BCUT2D eigenvalue weighted by molar-refractivity contribution is 8.28. The van der Waals surface area contributed by atoms with Gasteiger partial charge in [0.25, 0.3) is 0 Å². The Bertz CT molecular complexity index is 595. The molecule has 39 heavy (non-hydrogen) atoms. The summed E-state index contributed by atoms with van der Waals surface area (Å²) in [6.07, 6.45) is 0. The van der Waals surface area contributed by atoms with E-state index >= 15 is 0 Å². The molecule has 0 aliphatic heterocycles. The molecule has 0 spiro atoms. The van der Waals surface area contributed by atoms with Gasteiger partial charge in [-0.15, -0.1) is 58.8 Å². The molecule has 0 saturated heterocycles. The number of aliphatic hydroxyl groups excluding tert-OH is 2. The van der Waals surface area contributed by atoms with Gasteiger partial charge in [-0.2, -0.15) is 47.0 Å². The Morgan fingerprint density at radius 1 is 0.513 bits per heavy atom. The second kappa shape index (κ2) is 33.9. The number of aliphatic hydroxyl groups is 2. The van der Waals surface area contributed by atoms with E-state index in [1.165, 1.54) is 70.6 Å². The summed E-state index contributed by atoms with van der Waals surface area (Å²) < 4.78 is 5.54. The third-order valence-electron chi connectivity index (χ3n) is 3.35. The third kappa shape index (κ3) is 33.7. The molecule has 0 fully saturated rings. The molecular formula is C20H34O6S13. The van der Waals surface area contributed by atoms with Gasteiger partial charge in [0.2, 0.25) is 0 Å². The summed E-state index contributed by atoms with van der Waals surface area (Å²) in [6, 6.07) is 0. The van der Waals surface area contributed by atoms with Crippen LogP contribution in [0.2, 0.25) is 0 Å². The van der Waals surface area contributed by atoms with Crippen LogP contribution < -0.4 is 0 Å².